The molecule has 0 N–H and O–H groups in total. The van der Waals surface area contributed by atoms with Crippen molar-refractivity contribution in [3.05, 3.63) is 41.5 Å². The Morgan fingerprint density at radius 1 is 1.38 bits per heavy atom. The molecule has 0 atom stereocenters. The van der Waals surface area contributed by atoms with Gasteiger partial charge in [-0.1, -0.05) is 12.1 Å². The molecule has 1 rings (SSSR count). The molecule has 16 heavy (non-hydrogen) atoms. The molecule has 82 valence electrons. The molecule has 0 unspecified atom stereocenters. The second kappa shape index (κ2) is 5.72. The van der Waals surface area contributed by atoms with E-state index in [0.717, 1.165) is 5.56 Å². The van der Waals surface area contributed by atoms with Crippen molar-refractivity contribution in [2.75, 3.05) is 0 Å². The quantitative estimate of drug-likeness (QED) is 0.575. The number of nitriles is 1. The zero-order chi connectivity index (χ0) is 12.0. The van der Waals surface area contributed by atoms with Crippen LogP contribution >= 0.6 is 0 Å². The van der Waals surface area contributed by atoms with Crippen molar-refractivity contribution >= 4 is 12.0 Å². The van der Waals surface area contributed by atoms with Gasteiger partial charge in [-0.05, 0) is 37.6 Å². The summed E-state index contributed by atoms with van der Waals surface area (Å²) < 4.78 is 4.94. The number of hydrogen-bond donors (Lipinski definition) is 0. The predicted octanol–water partition coefficient (Wildman–Crippen LogP) is 2.52. The van der Waals surface area contributed by atoms with Crippen LogP contribution in [0.2, 0.25) is 0 Å². The highest BCUT2D eigenvalue weighted by molar-refractivity contribution is 5.87. The fourth-order valence-electron chi connectivity index (χ4n) is 1.10. The first-order chi connectivity index (χ1) is 7.61. The first-order valence-corrected chi connectivity index (χ1v) is 5.00. The van der Waals surface area contributed by atoms with E-state index in [2.05, 4.69) is 0 Å². The molecule has 0 spiro atoms. The minimum Gasteiger partial charge on any atom is -0.460 e. The van der Waals surface area contributed by atoms with Crippen molar-refractivity contribution in [3.63, 3.8) is 0 Å². The van der Waals surface area contributed by atoms with Crippen molar-refractivity contribution in [3.8, 4) is 6.07 Å². The third-order valence-corrected chi connectivity index (χ3v) is 1.80. The highest BCUT2D eigenvalue weighted by atomic mass is 16.5. The van der Waals surface area contributed by atoms with Gasteiger partial charge < -0.3 is 4.74 Å². The first-order valence-electron chi connectivity index (χ1n) is 5.00. The van der Waals surface area contributed by atoms with E-state index in [9.17, 15) is 4.79 Å². The Morgan fingerprint density at radius 3 is 2.50 bits per heavy atom. The number of benzene rings is 1. The molecule has 0 aromatic heterocycles. The lowest BCUT2D eigenvalue weighted by Crippen LogP contribution is -2.08. The highest BCUT2D eigenvalue weighted by Gasteiger charge is 1.99. The summed E-state index contributed by atoms with van der Waals surface area (Å²) in [4.78, 5) is 11.2. The van der Waals surface area contributed by atoms with E-state index in [1.54, 1.807) is 44.2 Å². The number of rotatable bonds is 3. The number of hydrogen-bond acceptors (Lipinski definition) is 3. The molecule has 0 fully saturated rings. The average Bonchev–Trinajstić information content (AvgIpc) is 2.26. The van der Waals surface area contributed by atoms with Crippen LogP contribution in [0.15, 0.2) is 30.3 Å². The highest BCUT2D eigenvalue weighted by Crippen LogP contribution is 2.05. The van der Waals surface area contributed by atoms with E-state index in [1.165, 1.54) is 6.08 Å². The molecule has 0 saturated carbocycles. The fourth-order valence-corrected chi connectivity index (χ4v) is 1.10. The summed E-state index contributed by atoms with van der Waals surface area (Å²) in [5.74, 6) is -0.362. The summed E-state index contributed by atoms with van der Waals surface area (Å²) in [6, 6.07) is 8.98. The largest absolute Gasteiger partial charge is 0.460 e. The zero-order valence-corrected chi connectivity index (χ0v) is 9.31. The second-order valence-electron chi connectivity index (χ2n) is 3.55. The molecule has 3 nitrogen and oxygen atoms in total. The number of carbonyl (C=O) groups is 1. The molecule has 0 aliphatic heterocycles. The maximum Gasteiger partial charge on any atom is 0.331 e. The maximum atomic E-state index is 11.2. The molecule has 0 bridgehead atoms. The summed E-state index contributed by atoms with van der Waals surface area (Å²) in [7, 11) is 0. The monoisotopic (exact) mass is 215 g/mol. The first kappa shape index (κ1) is 12.0. The van der Waals surface area contributed by atoms with Crippen molar-refractivity contribution in [2.45, 2.75) is 20.0 Å². The number of carbonyl (C=O) groups excluding carboxylic acids is 1. The topological polar surface area (TPSA) is 50.1 Å². The van der Waals surface area contributed by atoms with Gasteiger partial charge in [0.25, 0.3) is 0 Å². The summed E-state index contributed by atoms with van der Waals surface area (Å²) in [6.07, 6.45) is 2.92. The van der Waals surface area contributed by atoms with Crippen LogP contribution < -0.4 is 0 Å². The molecule has 0 heterocycles. The van der Waals surface area contributed by atoms with E-state index < -0.39 is 0 Å². The Bertz CT molecular complexity index is 424. The van der Waals surface area contributed by atoms with Gasteiger partial charge in [-0.15, -0.1) is 0 Å². The lowest BCUT2D eigenvalue weighted by molar-refractivity contribution is -0.141. The van der Waals surface area contributed by atoms with Crippen molar-refractivity contribution < 1.29 is 9.53 Å². The van der Waals surface area contributed by atoms with Gasteiger partial charge in [0, 0.05) is 6.08 Å². The molecule has 0 amide bonds. The average molecular weight is 215 g/mol. The summed E-state index contributed by atoms with van der Waals surface area (Å²) in [6.45, 7) is 3.60. The molecule has 3 heteroatoms. The van der Waals surface area contributed by atoms with E-state index >= 15 is 0 Å². The second-order valence-corrected chi connectivity index (χ2v) is 3.55. The normalized spacial score (nSPS) is 10.4. The third kappa shape index (κ3) is 3.97. The molecule has 0 saturated heterocycles. The Labute approximate surface area is 95.0 Å². The van der Waals surface area contributed by atoms with Gasteiger partial charge in [0.1, 0.15) is 0 Å². The van der Waals surface area contributed by atoms with Gasteiger partial charge in [-0.25, -0.2) is 4.79 Å². The van der Waals surface area contributed by atoms with Crippen molar-refractivity contribution in [2.24, 2.45) is 0 Å². The van der Waals surface area contributed by atoms with Crippen LogP contribution in [0.5, 0.6) is 0 Å². The van der Waals surface area contributed by atoms with Crippen LogP contribution in [0.3, 0.4) is 0 Å². The van der Waals surface area contributed by atoms with Crippen LogP contribution in [-0.4, -0.2) is 12.1 Å². The summed E-state index contributed by atoms with van der Waals surface area (Å²) >= 11 is 0. The molecule has 1 aromatic carbocycles. The van der Waals surface area contributed by atoms with Crippen molar-refractivity contribution in [1.29, 1.82) is 5.26 Å². The lowest BCUT2D eigenvalue weighted by Gasteiger charge is -2.03. The van der Waals surface area contributed by atoms with Gasteiger partial charge in [-0.2, -0.15) is 5.26 Å². The van der Waals surface area contributed by atoms with E-state index in [0.29, 0.717) is 5.56 Å². The molecule has 1 aromatic rings. The van der Waals surface area contributed by atoms with E-state index in [4.69, 9.17) is 10.00 Å². The zero-order valence-electron chi connectivity index (χ0n) is 9.31. The van der Waals surface area contributed by atoms with Crippen LogP contribution in [0.4, 0.5) is 0 Å². The van der Waals surface area contributed by atoms with E-state index in [-0.39, 0.29) is 12.1 Å². The van der Waals surface area contributed by atoms with Crippen LogP contribution in [0, 0.1) is 11.3 Å². The molecule has 0 aliphatic carbocycles. The van der Waals surface area contributed by atoms with Crippen LogP contribution in [-0.2, 0) is 9.53 Å². The predicted molar refractivity (Wildman–Crippen MR) is 61.4 cm³/mol. The number of nitrogens with zero attached hydrogens (tertiary/aromatic N) is 1. The summed E-state index contributed by atoms with van der Waals surface area (Å²) in [5, 5.41) is 8.60. The lowest BCUT2D eigenvalue weighted by atomic mass is 10.1. The van der Waals surface area contributed by atoms with Crippen LogP contribution in [0.25, 0.3) is 6.08 Å². The minimum atomic E-state index is -0.362. The van der Waals surface area contributed by atoms with Gasteiger partial charge in [0.15, 0.2) is 0 Å². The van der Waals surface area contributed by atoms with Crippen LogP contribution in [0.1, 0.15) is 25.0 Å². The number of esters is 1. The molecular weight excluding hydrogens is 202 g/mol. The summed E-state index contributed by atoms with van der Waals surface area (Å²) in [5.41, 5.74) is 1.46. The maximum absolute atomic E-state index is 11.2. The Kier molecular flexibility index (Phi) is 4.28. The third-order valence-electron chi connectivity index (χ3n) is 1.80. The molecular formula is C13H13NO2. The molecule has 0 radical (unpaired) electrons. The smallest absolute Gasteiger partial charge is 0.331 e. The fraction of sp³-hybridized carbons (Fsp3) is 0.231. The SMILES string of the molecule is CC(C)OC(=O)/C=C/c1ccc(C#N)cc1. The van der Waals surface area contributed by atoms with Crippen molar-refractivity contribution in [1.82, 2.24) is 0 Å². The number of ether oxygens (including phenoxy) is 1. The van der Waals surface area contributed by atoms with Gasteiger partial charge in [-0.3, -0.25) is 0 Å². The van der Waals surface area contributed by atoms with Gasteiger partial charge in [0.05, 0.1) is 17.7 Å². The Hall–Kier alpha value is -2.08. The Morgan fingerprint density at radius 2 is 2.00 bits per heavy atom. The Balaban J connectivity index is 2.63. The van der Waals surface area contributed by atoms with E-state index in [1.807, 2.05) is 6.07 Å². The standard InChI is InChI=1S/C13H13NO2/c1-10(2)16-13(15)8-7-11-3-5-12(9-14)6-4-11/h3-8,10H,1-2H3/b8-7+. The molecule has 0 aliphatic rings. The van der Waals surface area contributed by atoms with Gasteiger partial charge in [0.2, 0.25) is 0 Å². The minimum absolute atomic E-state index is 0.113. The van der Waals surface area contributed by atoms with Gasteiger partial charge >= 0.3 is 5.97 Å².